The minimum Gasteiger partial charge on any atom is -0.352 e. The van der Waals surface area contributed by atoms with Crippen molar-refractivity contribution in [1.82, 2.24) is 10.2 Å². The third-order valence-electron chi connectivity index (χ3n) is 5.98. The van der Waals surface area contributed by atoms with Crippen LogP contribution in [0.1, 0.15) is 56.6 Å². The van der Waals surface area contributed by atoms with Crippen molar-refractivity contribution in [3.8, 4) is 0 Å². The summed E-state index contributed by atoms with van der Waals surface area (Å²) in [6, 6.07) is 14.7. The van der Waals surface area contributed by atoms with Crippen molar-refractivity contribution in [2.75, 3.05) is 0 Å². The Morgan fingerprint density at radius 1 is 1.00 bits per heavy atom. The summed E-state index contributed by atoms with van der Waals surface area (Å²) in [7, 11) is 0. The average molecular weight is 461 g/mol. The Balaban J connectivity index is 1.75. The Bertz CT molecular complexity index is 862. The second-order valence-corrected chi connectivity index (χ2v) is 9.04. The van der Waals surface area contributed by atoms with Gasteiger partial charge in [-0.15, -0.1) is 0 Å². The van der Waals surface area contributed by atoms with E-state index in [2.05, 4.69) is 5.32 Å². The Labute approximate surface area is 194 Å². The highest BCUT2D eigenvalue weighted by Gasteiger charge is 2.29. The maximum Gasteiger partial charge on any atom is 0.242 e. The van der Waals surface area contributed by atoms with Crippen LogP contribution in [0, 0.1) is 0 Å². The van der Waals surface area contributed by atoms with E-state index in [1.54, 1.807) is 30.0 Å². The maximum atomic E-state index is 13.2. The van der Waals surface area contributed by atoms with Crippen LogP contribution in [0.4, 0.5) is 0 Å². The number of hydrogen-bond acceptors (Lipinski definition) is 2. The molecule has 4 nitrogen and oxygen atoms in total. The standard InChI is InChI=1S/C25H30Cl2N2O2/c1-18(25(31)28-20-11-6-3-7-12-20)29(17-21-22(26)13-8-14-23(21)27)24(30)16-15-19-9-4-2-5-10-19/h2,4-5,8-10,13-14,18,20H,3,6-7,11-12,15-17H2,1H3,(H,28,31)/t18-/m0/s1. The van der Waals surface area contributed by atoms with Crippen LogP contribution in [0.3, 0.4) is 0 Å². The highest BCUT2D eigenvalue weighted by molar-refractivity contribution is 6.36. The molecule has 1 N–H and O–H groups in total. The summed E-state index contributed by atoms with van der Waals surface area (Å²) >= 11 is 12.7. The Morgan fingerprint density at radius 2 is 1.65 bits per heavy atom. The molecular weight excluding hydrogens is 431 g/mol. The van der Waals surface area contributed by atoms with Crippen molar-refractivity contribution in [2.45, 2.75) is 70.5 Å². The molecule has 0 radical (unpaired) electrons. The molecule has 6 heteroatoms. The van der Waals surface area contributed by atoms with Gasteiger partial charge in [-0.3, -0.25) is 9.59 Å². The lowest BCUT2D eigenvalue weighted by Gasteiger charge is -2.31. The summed E-state index contributed by atoms with van der Waals surface area (Å²) in [6.45, 7) is 1.98. The molecule has 0 heterocycles. The fourth-order valence-corrected chi connectivity index (χ4v) is 4.56. The predicted molar refractivity (Wildman–Crippen MR) is 126 cm³/mol. The van der Waals surface area contributed by atoms with Gasteiger partial charge in [-0.05, 0) is 43.9 Å². The number of rotatable bonds is 8. The molecule has 0 aromatic heterocycles. The fourth-order valence-electron chi connectivity index (χ4n) is 4.04. The van der Waals surface area contributed by atoms with Gasteiger partial charge in [0.1, 0.15) is 6.04 Å². The van der Waals surface area contributed by atoms with Crippen molar-refractivity contribution < 1.29 is 9.59 Å². The van der Waals surface area contributed by atoms with Gasteiger partial charge in [-0.1, -0.05) is 78.9 Å². The molecule has 2 aromatic carbocycles. The van der Waals surface area contributed by atoms with Gasteiger partial charge in [-0.2, -0.15) is 0 Å². The quantitative estimate of drug-likeness (QED) is 0.541. The number of nitrogens with one attached hydrogen (secondary N) is 1. The van der Waals surface area contributed by atoms with Crippen molar-refractivity contribution in [2.24, 2.45) is 0 Å². The van der Waals surface area contributed by atoms with Crippen LogP contribution in [0.5, 0.6) is 0 Å². The summed E-state index contributed by atoms with van der Waals surface area (Å²) in [5.41, 5.74) is 1.75. The summed E-state index contributed by atoms with van der Waals surface area (Å²) in [5, 5.41) is 4.13. The van der Waals surface area contributed by atoms with E-state index >= 15 is 0 Å². The van der Waals surface area contributed by atoms with E-state index in [0.717, 1.165) is 31.2 Å². The SMILES string of the molecule is C[C@@H](C(=O)NC1CCCCC1)N(Cc1c(Cl)cccc1Cl)C(=O)CCc1ccccc1. The van der Waals surface area contributed by atoms with Gasteiger partial charge in [-0.25, -0.2) is 0 Å². The van der Waals surface area contributed by atoms with E-state index in [4.69, 9.17) is 23.2 Å². The molecule has 2 aromatic rings. The highest BCUT2D eigenvalue weighted by Crippen LogP contribution is 2.27. The largest absolute Gasteiger partial charge is 0.352 e. The number of carbonyl (C=O) groups excluding carboxylic acids is 2. The van der Waals surface area contributed by atoms with E-state index < -0.39 is 6.04 Å². The summed E-state index contributed by atoms with van der Waals surface area (Å²) in [6.07, 6.45) is 6.41. The first-order valence-corrected chi connectivity index (χ1v) is 11.8. The Kier molecular flexibility index (Phi) is 8.79. The molecule has 31 heavy (non-hydrogen) atoms. The first kappa shape index (κ1) is 23.6. The van der Waals surface area contributed by atoms with Crippen LogP contribution in [0.2, 0.25) is 10.0 Å². The molecule has 0 unspecified atom stereocenters. The molecule has 1 aliphatic carbocycles. The molecule has 1 fully saturated rings. The smallest absolute Gasteiger partial charge is 0.242 e. The third kappa shape index (κ3) is 6.72. The van der Waals surface area contributed by atoms with E-state index in [-0.39, 0.29) is 24.4 Å². The number of amides is 2. The normalized spacial score (nSPS) is 15.3. The van der Waals surface area contributed by atoms with Gasteiger partial charge < -0.3 is 10.2 Å². The molecule has 0 aliphatic heterocycles. The van der Waals surface area contributed by atoms with E-state index in [1.165, 1.54) is 6.42 Å². The van der Waals surface area contributed by atoms with Crippen LogP contribution < -0.4 is 5.32 Å². The lowest BCUT2D eigenvalue weighted by molar-refractivity contribution is -0.141. The first-order chi connectivity index (χ1) is 15.0. The van der Waals surface area contributed by atoms with Crippen molar-refractivity contribution >= 4 is 35.0 Å². The Morgan fingerprint density at radius 3 is 2.29 bits per heavy atom. The summed E-state index contributed by atoms with van der Waals surface area (Å²) < 4.78 is 0. The minimum absolute atomic E-state index is 0.0915. The van der Waals surface area contributed by atoms with Crippen molar-refractivity contribution in [3.05, 3.63) is 69.7 Å². The van der Waals surface area contributed by atoms with Gasteiger partial charge in [0.15, 0.2) is 0 Å². The van der Waals surface area contributed by atoms with Crippen LogP contribution in [0.25, 0.3) is 0 Å². The lowest BCUT2D eigenvalue weighted by Crippen LogP contribution is -2.50. The molecule has 2 amide bonds. The van der Waals surface area contributed by atoms with Crippen LogP contribution in [-0.2, 0) is 22.6 Å². The van der Waals surface area contributed by atoms with Gasteiger partial charge in [0.05, 0.1) is 0 Å². The van der Waals surface area contributed by atoms with Crippen LogP contribution >= 0.6 is 23.2 Å². The molecule has 1 saturated carbocycles. The summed E-state index contributed by atoms with van der Waals surface area (Å²) in [5.74, 6) is -0.214. The minimum atomic E-state index is -0.613. The molecule has 1 atom stereocenters. The molecule has 3 rings (SSSR count). The molecule has 0 bridgehead atoms. The van der Waals surface area contributed by atoms with Crippen LogP contribution in [0.15, 0.2) is 48.5 Å². The molecule has 0 saturated heterocycles. The van der Waals surface area contributed by atoms with Crippen molar-refractivity contribution in [3.63, 3.8) is 0 Å². The van der Waals surface area contributed by atoms with Gasteiger partial charge in [0.25, 0.3) is 0 Å². The zero-order chi connectivity index (χ0) is 22.2. The van der Waals surface area contributed by atoms with Gasteiger partial charge >= 0.3 is 0 Å². The number of nitrogens with zero attached hydrogens (tertiary/aromatic N) is 1. The fraction of sp³-hybridized carbons (Fsp3) is 0.440. The molecule has 0 spiro atoms. The number of carbonyl (C=O) groups is 2. The zero-order valence-electron chi connectivity index (χ0n) is 17.9. The predicted octanol–water partition coefficient (Wildman–Crippen LogP) is 5.79. The summed E-state index contributed by atoms with van der Waals surface area (Å²) in [4.78, 5) is 27.9. The highest BCUT2D eigenvalue weighted by atomic mass is 35.5. The molecule has 166 valence electrons. The van der Waals surface area contributed by atoms with E-state index in [9.17, 15) is 9.59 Å². The Hall–Kier alpha value is -2.04. The molecule has 1 aliphatic rings. The maximum absolute atomic E-state index is 13.2. The zero-order valence-corrected chi connectivity index (χ0v) is 19.5. The average Bonchev–Trinajstić information content (AvgIpc) is 2.78. The van der Waals surface area contributed by atoms with E-state index in [1.807, 2.05) is 30.3 Å². The van der Waals surface area contributed by atoms with E-state index in [0.29, 0.717) is 28.5 Å². The lowest BCUT2D eigenvalue weighted by atomic mass is 9.95. The van der Waals surface area contributed by atoms with Crippen molar-refractivity contribution in [1.29, 1.82) is 0 Å². The van der Waals surface area contributed by atoms with Gasteiger partial charge in [0, 0.05) is 34.6 Å². The topological polar surface area (TPSA) is 49.4 Å². The second-order valence-electron chi connectivity index (χ2n) is 8.23. The number of aryl methyl sites for hydroxylation is 1. The number of halogens is 2. The third-order valence-corrected chi connectivity index (χ3v) is 6.69. The van der Waals surface area contributed by atoms with Crippen LogP contribution in [-0.4, -0.2) is 28.8 Å². The van der Waals surface area contributed by atoms with Gasteiger partial charge in [0.2, 0.25) is 11.8 Å². The number of benzene rings is 2. The number of hydrogen-bond donors (Lipinski definition) is 1. The first-order valence-electron chi connectivity index (χ1n) is 11.0. The second kappa shape index (κ2) is 11.5. The molecular formula is C25H30Cl2N2O2. The monoisotopic (exact) mass is 460 g/mol.